The van der Waals surface area contributed by atoms with Crippen LogP contribution in [0.4, 0.5) is 0 Å². The molecule has 4 nitrogen and oxygen atoms in total. The first-order valence-electron chi connectivity index (χ1n) is 6.81. The van der Waals surface area contributed by atoms with Gasteiger partial charge in [-0.2, -0.15) is 0 Å². The fourth-order valence-electron chi connectivity index (χ4n) is 3.27. The molecular weight excluding hydrogens is 216 g/mol. The Labute approximate surface area is 104 Å². The topological polar surface area (TPSA) is 43.8 Å². The average molecular weight is 240 g/mol. The highest BCUT2D eigenvalue weighted by atomic mass is 16.4. The summed E-state index contributed by atoms with van der Waals surface area (Å²) in [6.45, 7) is 4.21. The number of carboxylic acid groups (broad SMARTS) is 1. The summed E-state index contributed by atoms with van der Waals surface area (Å²) in [5, 5.41) is 9.09. The monoisotopic (exact) mass is 240 g/mol. The molecule has 1 unspecified atom stereocenters. The third kappa shape index (κ3) is 3.42. The van der Waals surface area contributed by atoms with E-state index < -0.39 is 5.97 Å². The molecule has 2 fully saturated rings. The Hall–Kier alpha value is -0.610. The molecule has 17 heavy (non-hydrogen) atoms. The molecule has 0 aromatic rings. The summed E-state index contributed by atoms with van der Waals surface area (Å²) in [7, 11) is 2.14. The third-order valence-electron chi connectivity index (χ3n) is 4.33. The number of hydrogen-bond donors (Lipinski definition) is 1. The van der Waals surface area contributed by atoms with E-state index in [0.29, 0.717) is 12.3 Å². The predicted molar refractivity (Wildman–Crippen MR) is 67.1 cm³/mol. The van der Waals surface area contributed by atoms with Gasteiger partial charge in [0.05, 0.1) is 6.42 Å². The van der Waals surface area contributed by atoms with E-state index >= 15 is 0 Å². The molecule has 1 heterocycles. The number of rotatable bonds is 4. The van der Waals surface area contributed by atoms with Crippen LogP contribution in [0.15, 0.2) is 0 Å². The molecule has 1 N–H and O–H groups in total. The zero-order valence-electron chi connectivity index (χ0n) is 10.8. The first-order valence-corrected chi connectivity index (χ1v) is 6.81. The van der Waals surface area contributed by atoms with Crippen LogP contribution in [0, 0.1) is 5.92 Å². The standard InChI is InChI=1S/C13H24N2O2/c1-14-6-8-15(9-7-14)12(10-13(16)17)11-4-2-3-5-11/h11-12H,2-10H2,1H3,(H,16,17). The van der Waals surface area contributed by atoms with Gasteiger partial charge >= 0.3 is 5.97 Å². The van der Waals surface area contributed by atoms with E-state index in [1.54, 1.807) is 0 Å². The van der Waals surface area contributed by atoms with E-state index in [1.165, 1.54) is 25.7 Å². The van der Waals surface area contributed by atoms with Crippen molar-refractivity contribution in [3.05, 3.63) is 0 Å². The second-order valence-electron chi connectivity index (χ2n) is 5.55. The average Bonchev–Trinajstić information content (AvgIpc) is 2.80. The molecule has 0 aromatic heterocycles. The summed E-state index contributed by atoms with van der Waals surface area (Å²) in [5.41, 5.74) is 0. The molecule has 0 bridgehead atoms. The number of likely N-dealkylation sites (N-methyl/N-ethyl adjacent to an activating group) is 1. The molecule has 1 aliphatic heterocycles. The number of aliphatic carboxylic acids is 1. The molecule has 2 aliphatic rings. The van der Waals surface area contributed by atoms with Gasteiger partial charge in [-0.05, 0) is 25.8 Å². The van der Waals surface area contributed by atoms with E-state index in [2.05, 4.69) is 16.8 Å². The highest BCUT2D eigenvalue weighted by molar-refractivity contribution is 5.67. The molecule has 0 radical (unpaired) electrons. The number of piperazine rings is 1. The van der Waals surface area contributed by atoms with Gasteiger partial charge in [-0.15, -0.1) is 0 Å². The summed E-state index contributed by atoms with van der Waals surface area (Å²) < 4.78 is 0. The Kier molecular flexibility index (Phi) is 4.40. The van der Waals surface area contributed by atoms with Gasteiger partial charge in [0.1, 0.15) is 0 Å². The number of hydrogen-bond acceptors (Lipinski definition) is 3. The van der Waals surface area contributed by atoms with Crippen molar-refractivity contribution in [3.8, 4) is 0 Å². The van der Waals surface area contributed by atoms with E-state index in [-0.39, 0.29) is 6.04 Å². The maximum Gasteiger partial charge on any atom is 0.304 e. The van der Waals surface area contributed by atoms with Crippen LogP contribution >= 0.6 is 0 Å². The Balaban J connectivity index is 1.96. The van der Waals surface area contributed by atoms with Crippen LogP contribution in [0.1, 0.15) is 32.1 Å². The minimum atomic E-state index is -0.638. The lowest BCUT2D eigenvalue weighted by Crippen LogP contribution is -2.51. The Bertz CT molecular complexity index is 256. The van der Waals surface area contributed by atoms with E-state index in [4.69, 9.17) is 5.11 Å². The van der Waals surface area contributed by atoms with Crippen LogP contribution in [0.25, 0.3) is 0 Å². The van der Waals surface area contributed by atoms with Crippen molar-refractivity contribution in [2.75, 3.05) is 33.2 Å². The van der Waals surface area contributed by atoms with Gasteiger partial charge in [0, 0.05) is 32.2 Å². The smallest absolute Gasteiger partial charge is 0.304 e. The van der Waals surface area contributed by atoms with Gasteiger partial charge in [-0.1, -0.05) is 12.8 Å². The van der Waals surface area contributed by atoms with Gasteiger partial charge in [0.2, 0.25) is 0 Å². The lowest BCUT2D eigenvalue weighted by molar-refractivity contribution is -0.139. The SMILES string of the molecule is CN1CCN(C(CC(=O)O)C2CCCC2)CC1. The molecule has 2 rings (SSSR count). The zero-order chi connectivity index (χ0) is 12.3. The first-order chi connectivity index (χ1) is 8.16. The molecule has 1 aliphatic carbocycles. The Morgan fingerprint density at radius 3 is 2.35 bits per heavy atom. The second-order valence-corrected chi connectivity index (χ2v) is 5.55. The van der Waals surface area contributed by atoms with Gasteiger partial charge in [-0.3, -0.25) is 9.69 Å². The summed E-state index contributed by atoms with van der Waals surface area (Å²) in [6.07, 6.45) is 5.35. The molecule has 1 saturated heterocycles. The molecule has 0 spiro atoms. The summed E-state index contributed by atoms with van der Waals surface area (Å²) in [4.78, 5) is 15.8. The maximum absolute atomic E-state index is 11.0. The third-order valence-corrected chi connectivity index (χ3v) is 4.33. The van der Waals surface area contributed by atoms with Gasteiger partial charge in [-0.25, -0.2) is 0 Å². The van der Waals surface area contributed by atoms with Crippen molar-refractivity contribution in [3.63, 3.8) is 0 Å². The van der Waals surface area contributed by atoms with Crippen LogP contribution in [0.5, 0.6) is 0 Å². The minimum Gasteiger partial charge on any atom is -0.481 e. The molecule has 1 saturated carbocycles. The Morgan fingerprint density at radius 2 is 1.82 bits per heavy atom. The highest BCUT2D eigenvalue weighted by Crippen LogP contribution is 2.32. The van der Waals surface area contributed by atoms with Crippen LogP contribution in [0.2, 0.25) is 0 Å². The van der Waals surface area contributed by atoms with E-state index in [0.717, 1.165) is 26.2 Å². The molecule has 98 valence electrons. The van der Waals surface area contributed by atoms with Crippen molar-refractivity contribution >= 4 is 5.97 Å². The first kappa shape index (κ1) is 12.8. The van der Waals surface area contributed by atoms with Crippen molar-refractivity contribution in [1.29, 1.82) is 0 Å². The number of carboxylic acids is 1. The second kappa shape index (κ2) is 5.83. The lowest BCUT2D eigenvalue weighted by Gasteiger charge is -2.40. The van der Waals surface area contributed by atoms with Crippen LogP contribution in [-0.2, 0) is 4.79 Å². The van der Waals surface area contributed by atoms with Crippen molar-refractivity contribution in [1.82, 2.24) is 9.80 Å². The fourth-order valence-corrected chi connectivity index (χ4v) is 3.27. The zero-order valence-corrected chi connectivity index (χ0v) is 10.8. The van der Waals surface area contributed by atoms with Gasteiger partial charge < -0.3 is 10.0 Å². The summed E-state index contributed by atoms with van der Waals surface area (Å²) >= 11 is 0. The van der Waals surface area contributed by atoms with Crippen LogP contribution < -0.4 is 0 Å². The molecule has 1 atom stereocenters. The summed E-state index contributed by atoms with van der Waals surface area (Å²) in [6, 6.07) is 0.281. The number of nitrogens with zero attached hydrogens (tertiary/aromatic N) is 2. The minimum absolute atomic E-state index is 0.281. The van der Waals surface area contributed by atoms with Crippen molar-refractivity contribution in [2.24, 2.45) is 5.92 Å². The lowest BCUT2D eigenvalue weighted by atomic mass is 9.93. The van der Waals surface area contributed by atoms with Crippen LogP contribution in [-0.4, -0.2) is 60.1 Å². The van der Waals surface area contributed by atoms with Crippen LogP contribution in [0.3, 0.4) is 0 Å². The molecule has 0 amide bonds. The maximum atomic E-state index is 11.0. The van der Waals surface area contributed by atoms with Gasteiger partial charge in [0.25, 0.3) is 0 Å². The fraction of sp³-hybridized carbons (Fsp3) is 0.923. The van der Waals surface area contributed by atoms with E-state index in [9.17, 15) is 4.79 Å². The van der Waals surface area contributed by atoms with Crippen molar-refractivity contribution < 1.29 is 9.90 Å². The molecule has 4 heteroatoms. The quantitative estimate of drug-likeness (QED) is 0.803. The summed E-state index contributed by atoms with van der Waals surface area (Å²) in [5.74, 6) is -0.0182. The normalized spacial score (nSPS) is 26.2. The highest BCUT2D eigenvalue weighted by Gasteiger charge is 2.32. The predicted octanol–water partition coefficient (Wildman–Crippen LogP) is 1.27. The largest absolute Gasteiger partial charge is 0.481 e. The van der Waals surface area contributed by atoms with Crippen molar-refractivity contribution in [2.45, 2.75) is 38.1 Å². The molecule has 0 aromatic carbocycles. The molecular formula is C13H24N2O2. The van der Waals surface area contributed by atoms with E-state index in [1.807, 2.05) is 0 Å². The number of carbonyl (C=O) groups is 1. The Morgan fingerprint density at radius 1 is 1.24 bits per heavy atom. The van der Waals surface area contributed by atoms with Gasteiger partial charge in [0.15, 0.2) is 0 Å².